The number of nitrogens with one attached hydrogen (secondary N) is 1. The third-order valence-corrected chi connectivity index (χ3v) is 4.11. The number of hydrogen-bond donors (Lipinski definition) is 4. The van der Waals surface area contributed by atoms with E-state index in [4.69, 9.17) is 26.0 Å². The topological polar surface area (TPSA) is 154 Å². The van der Waals surface area contributed by atoms with Crippen molar-refractivity contribution >= 4 is 17.7 Å². The van der Waals surface area contributed by atoms with Gasteiger partial charge in [0.15, 0.2) is 6.29 Å². The summed E-state index contributed by atoms with van der Waals surface area (Å²) >= 11 is 0. The van der Waals surface area contributed by atoms with E-state index in [-0.39, 0.29) is 22.9 Å². The van der Waals surface area contributed by atoms with Gasteiger partial charge in [0, 0.05) is 20.1 Å². The Labute approximate surface area is 150 Å². The molecular weight excluding hydrogens is 340 g/mol. The monoisotopic (exact) mass is 362 g/mol. The van der Waals surface area contributed by atoms with Crippen LogP contribution >= 0.6 is 0 Å². The molecule has 1 heterocycles. The second-order valence-corrected chi connectivity index (χ2v) is 5.74. The molecule has 1 atom stereocenters. The summed E-state index contributed by atoms with van der Waals surface area (Å²) in [4.78, 5) is 29.6. The predicted octanol–water partition coefficient (Wildman–Crippen LogP) is 0.968. The number of carbonyl (C=O) groups is 1. The summed E-state index contributed by atoms with van der Waals surface area (Å²) in [7, 11) is 2.94. The molecule has 1 aromatic heterocycles. The van der Waals surface area contributed by atoms with Gasteiger partial charge in [-0.25, -0.2) is 4.79 Å². The number of carboxylic acids is 1. The fourth-order valence-corrected chi connectivity index (χ4v) is 2.85. The molecule has 9 heteroatoms. The first-order valence-electron chi connectivity index (χ1n) is 7.90. The maximum atomic E-state index is 12.3. The van der Waals surface area contributed by atoms with E-state index in [1.165, 1.54) is 26.4 Å². The highest BCUT2D eigenvalue weighted by Crippen LogP contribution is 2.28. The Bertz CT molecular complexity index is 815. The highest BCUT2D eigenvalue weighted by molar-refractivity contribution is 5.87. The zero-order chi connectivity index (χ0) is 19.3. The molecule has 0 amide bonds. The fraction of sp³-hybridized carbons (Fsp3) is 0.353. The molecule has 0 aliphatic rings. The maximum absolute atomic E-state index is 12.3. The molecule has 0 radical (unpaired) electrons. The summed E-state index contributed by atoms with van der Waals surface area (Å²) in [6.07, 6.45) is 0.316. The number of aromatic nitrogens is 2. The van der Waals surface area contributed by atoms with E-state index < -0.39 is 23.7 Å². The summed E-state index contributed by atoms with van der Waals surface area (Å²) in [6, 6.07) is 6.51. The summed E-state index contributed by atoms with van der Waals surface area (Å²) in [6.45, 7) is 0. The van der Waals surface area contributed by atoms with E-state index in [2.05, 4.69) is 9.97 Å². The largest absolute Gasteiger partial charge is 0.478 e. The van der Waals surface area contributed by atoms with Gasteiger partial charge in [-0.1, -0.05) is 12.1 Å². The molecule has 0 saturated heterocycles. The van der Waals surface area contributed by atoms with Gasteiger partial charge in [-0.3, -0.25) is 9.78 Å². The molecule has 1 unspecified atom stereocenters. The molecule has 2 rings (SSSR count). The minimum Gasteiger partial charge on any atom is -0.478 e. The second kappa shape index (κ2) is 8.45. The van der Waals surface area contributed by atoms with E-state index in [0.717, 1.165) is 5.56 Å². The van der Waals surface area contributed by atoms with Crippen LogP contribution in [0.1, 0.15) is 33.8 Å². The number of aromatic amines is 1. The van der Waals surface area contributed by atoms with Crippen LogP contribution in [0, 0.1) is 0 Å². The number of aryl methyl sites for hydroxylation is 1. The van der Waals surface area contributed by atoms with Crippen molar-refractivity contribution in [3.05, 3.63) is 51.3 Å². The Kier molecular flexibility index (Phi) is 6.31. The fourth-order valence-electron chi connectivity index (χ4n) is 2.85. The van der Waals surface area contributed by atoms with Gasteiger partial charge < -0.3 is 26.0 Å². The van der Waals surface area contributed by atoms with Gasteiger partial charge in [0.25, 0.3) is 5.56 Å². The molecule has 2 aromatic rings. The second-order valence-electron chi connectivity index (χ2n) is 5.74. The highest BCUT2D eigenvalue weighted by atomic mass is 16.7. The number of nitrogen functional groups attached to an aromatic ring is 2. The van der Waals surface area contributed by atoms with Crippen molar-refractivity contribution in [1.29, 1.82) is 0 Å². The molecule has 140 valence electrons. The Balaban J connectivity index is 2.29. The minimum absolute atomic E-state index is 0.0246. The van der Waals surface area contributed by atoms with Crippen LogP contribution in [0.2, 0.25) is 0 Å². The lowest BCUT2D eigenvalue weighted by Crippen LogP contribution is -2.31. The maximum Gasteiger partial charge on any atom is 0.335 e. The zero-order valence-corrected chi connectivity index (χ0v) is 14.6. The van der Waals surface area contributed by atoms with E-state index in [0.29, 0.717) is 12.8 Å². The average molecular weight is 362 g/mol. The number of H-pyrrole nitrogens is 1. The molecule has 0 saturated carbocycles. The molecule has 26 heavy (non-hydrogen) atoms. The van der Waals surface area contributed by atoms with Crippen LogP contribution in [0.15, 0.2) is 29.1 Å². The van der Waals surface area contributed by atoms with Crippen LogP contribution in [0.5, 0.6) is 0 Å². The number of ether oxygens (including phenoxy) is 2. The predicted molar refractivity (Wildman–Crippen MR) is 96.0 cm³/mol. The Morgan fingerprint density at radius 1 is 1.23 bits per heavy atom. The molecule has 0 fully saturated rings. The van der Waals surface area contributed by atoms with Crippen LogP contribution < -0.4 is 17.0 Å². The summed E-state index contributed by atoms with van der Waals surface area (Å²) < 4.78 is 10.7. The Hall–Kier alpha value is -2.91. The molecule has 0 aliphatic heterocycles. The van der Waals surface area contributed by atoms with E-state index in [9.17, 15) is 9.59 Å². The van der Waals surface area contributed by atoms with Gasteiger partial charge in [0.2, 0.25) is 5.95 Å². The minimum atomic E-state index is -0.986. The molecule has 0 aliphatic carbocycles. The van der Waals surface area contributed by atoms with Crippen molar-refractivity contribution in [2.75, 3.05) is 25.7 Å². The number of carboxylic acid groups (broad SMARTS) is 1. The molecule has 6 N–H and O–H groups in total. The Morgan fingerprint density at radius 3 is 2.35 bits per heavy atom. The normalized spacial score (nSPS) is 12.3. The van der Waals surface area contributed by atoms with Crippen molar-refractivity contribution in [2.24, 2.45) is 0 Å². The van der Waals surface area contributed by atoms with Gasteiger partial charge in [-0.15, -0.1) is 0 Å². The SMILES string of the molecule is COC(OC)C(CCc1ccc(C(=O)O)cc1)c1c(N)nc(N)[nH]c1=O. The van der Waals surface area contributed by atoms with E-state index >= 15 is 0 Å². The van der Waals surface area contributed by atoms with Gasteiger partial charge in [-0.05, 0) is 30.5 Å². The van der Waals surface area contributed by atoms with E-state index in [1.807, 2.05) is 0 Å². The van der Waals surface area contributed by atoms with Crippen molar-refractivity contribution in [2.45, 2.75) is 25.0 Å². The van der Waals surface area contributed by atoms with Crippen LogP contribution in [0.3, 0.4) is 0 Å². The van der Waals surface area contributed by atoms with Gasteiger partial charge in [-0.2, -0.15) is 4.98 Å². The van der Waals surface area contributed by atoms with Crippen LogP contribution in [0.25, 0.3) is 0 Å². The van der Waals surface area contributed by atoms with Crippen molar-refractivity contribution in [3.8, 4) is 0 Å². The average Bonchev–Trinajstić information content (AvgIpc) is 2.59. The lowest BCUT2D eigenvalue weighted by atomic mass is 9.92. The third-order valence-electron chi connectivity index (χ3n) is 4.11. The first-order valence-corrected chi connectivity index (χ1v) is 7.90. The quantitative estimate of drug-likeness (QED) is 0.507. The molecule has 0 spiro atoms. The third kappa shape index (κ3) is 4.38. The molecule has 9 nitrogen and oxygen atoms in total. The number of aromatic carboxylic acids is 1. The number of nitrogens with two attached hydrogens (primary N) is 2. The first-order chi connectivity index (χ1) is 12.4. The Morgan fingerprint density at radius 2 is 1.85 bits per heavy atom. The van der Waals surface area contributed by atoms with Crippen LogP contribution in [-0.4, -0.2) is 41.6 Å². The van der Waals surface area contributed by atoms with Crippen LogP contribution in [-0.2, 0) is 15.9 Å². The van der Waals surface area contributed by atoms with Crippen molar-refractivity contribution in [1.82, 2.24) is 9.97 Å². The number of nitrogens with zero attached hydrogens (tertiary/aromatic N) is 1. The lowest BCUT2D eigenvalue weighted by Gasteiger charge is -2.25. The summed E-state index contributed by atoms with van der Waals surface area (Å²) in [5, 5.41) is 8.96. The highest BCUT2D eigenvalue weighted by Gasteiger charge is 2.28. The van der Waals surface area contributed by atoms with E-state index in [1.54, 1.807) is 12.1 Å². The van der Waals surface area contributed by atoms with Gasteiger partial charge in [0.1, 0.15) is 5.82 Å². The zero-order valence-electron chi connectivity index (χ0n) is 14.6. The molecule has 1 aromatic carbocycles. The standard InChI is InChI=1S/C17H22N4O5/c1-25-16(26-2)11(12-13(18)20-17(19)21-14(12)22)8-5-9-3-6-10(7-4-9)15(23)24/h3-4,6-7,11,16H,5,8H2,1-2H3,(H,23,24)(H5,18,19,20,21,22). The van der Waals surface area contributed by atoms with Crippen molar-refractivity contribution < 1.29 is 19.4 Å². The lowest BCUT2D eigenvalue weighted by molar-refractivity contribution is -0.119. The van der Waals surface area contributed by atoms with Gasteiger partial charge >= 0.3 is 5.97 Å². The number of methoxy groups -OCH3 is 2. The summed E-state index contributed by atoms with van der Waals surface area (Å²) in [5.41, 5.74) is 12.3. The number of benzene rings is 1. The van der Waals surface area contributed by atoms with Crippen molar-refractivity contribution in [3.63, 3.8) is 0 Å². The number of rotatable bonds is 8. The smallest absolute Gasteiger partial charge is 0.335 e. The summed E-state index contributed by atoms with van der Waals surface area (Å²) in [5.74, 6) is -1.51. The number of hydrogen-bond acceptors (Lipinski definition) is 7. The first kappa shape index (κ1) is 19.4. The number of anilines is 2. The molecule has 0 bridgehead atoms. The van der Waals surface area contributed by atoms with Crippen LogP contribution in [0.4, 0.5) is 11.8 Å². The molecular formula is C17H22N4O5. The van der Waals surface area contributed by atoms with Gasteiger partial charge in [0.05, 0.1) is 11.1 Å².